The minimum atomic E-state index is -0.823. The Morgan fingerprint density at radius 3 is 2.64 bits per heavy atom. The van der Waals surface area contributed by atoms with Gasteiger partial charge in [0.1, 0.15) is 11.6 Å². The van der Waals surface area contributed by atoms with Crippen LogP contribution in [0.3, 0.4) is 0 Å². The van der Waals surface area contributed by atoms with Crippen molar-refractivity contribution in [1.29, 1.82) is 0 Å². The first-order valence-electron chi connectivity index (χ1n) is 8.76. The Balaban J connectivity index is 1.42. The monoisotopic (exact) mass is 348 g/mol. The number of amides is 2. The van der Waals surface area contributed by atoms with Crippen molar-refractivity contribution in [2.24, 2.45) is 11.8 Å². The molecule has 0 bridgehead atoms. The molecule has 134 valence electrons. The molecule has 1 saturated carbocycles. The molecule has 1 aromatic carbocycles. The fourth-order valence-corrected chi connectivity index (χ4v) is 3.20. The third-order valence-corrected chi connectivity index (χ3v) is 4.78. The number of halogens is 2. The van der Waals surface area contributed by atoms with Crippen molar-refractivity contribution in [1.82, 2.24) is 5.32 Å². The minimum absolute atomic E-state index is 0.0679. The molecule has 0 radical (unpaired) electrons. The predicted molar refractivity (Wildman–Crippen MR) is 90.8 cm³/mol. The second-order valence-electron chi connectivity index (χ2n) is 6.71. The first-order valence-corrected chi connectivity index (χ1v) is 8.76. The fourth-order valence-electron chi connectivity index (χ4n) is 3.20. The van der Waals surface area contributed by atoms with Crippen LogP contribution < -0.4 is 10.6 Å². The number of carbonyl (C=O) groups excluding carboxylic acids is 2. The van der Waals surface area contributed by atoms with E-state index in [9.17, 15) is 18.4 Å². The van der Waals surface area contributed by atoms with Gasteiger partial charge in [-0.25, -0.2) is 8.78 Å². The molecule has 0 saturated heterocycles. The summed E-state index contributed by atoms with van der Waals surface area (Å²) in [7, 11) is 0. The van der Waals surface area contributed by atoms with Crippen LogP contribution in [0.4, 0.5) is 14.5 Å². The lowest BCUT2D eigenvalue weighted by Gasteiger charge is -2.13. The molecule has 0 aliphatic heterocycles. The van der Waals surface area contributed by atoms with E-state index in [-0.39, 0.29) is 17.5 Å². The average Bonchev–Trinajstić information content (AvgIpc) is 3.39. The number of nitrogens with one attached hydrogen (secondary N) is 2. The predicted octanol–water partition coefficient (Wildman–Crippen LogP) is 3.55. The standard InChI is InChI=1S/C19H22F2N2O2/c20-13-6-7-17(16(21)10-13)23-19(25)15-11-14(15)18(24)22-9-8-12-4-2-1-3-5-12/h4,6-7,10,14-15H,1-3,5,8-9,11H2,(H,22,24)(H,23,25). The van der Waals surface area contributed by atoms with Gasteiger partial charge < -0.3 is 10.6 Å². The fraction of sp³-hybridized carbons (Fsp3) is 0.474. The van der Waals surface area contributed by atoms with E-state index in [1.807, 2.05) is 0 Å². The molecule has 2 amide bonds. The van der Waals surface area contributed by atoms with Gasteiger partial charge in [-0.15, -0.1) is 0 Å². The molecule has 0 heterocycles. The van der Waals surface area contributed by atoms with Crippen LogP contribution in [0.1, 0.15) is 38.5 Å². The average molecular weight is 348 g/mol. The molecule has 4 nitrogen and oxygen atoms in total. The molecular formula is C19H22F2N2O2. The van der Waals surface area contributed by atoms with E-state index in [2.05, 4.69) is 16.7 Å². The SMILES string of the molecule is O=C(NCCC1=CCCCC1)C1CC1C(=O)Nc1ccc(F)cc1F. The maximum atomic E-state index is 13.6. The topological polar surface area (TPSA) is 58.2 Å². The van der Waals surface area contributed by atoms with E-state index in [0.29, 0.717) is 19.0 Å². The van der Waals surface area contributed by atoms with E-state index in [0.717, 1.165) is 25.3 Å². The highest BCUT2D eigenvalue weighted by Gasteiger charge is 2.48. The van der Waals surface area contributed by atoms with Gasteiger partial charge in [0.15, 0.2) is 0 Å². The summed E-state index contributed by atoms with van der Waals surface area (Å²) in [5.41, 5.74) is 1.32. The van der Waals surface area contributed by atoms with Crippen LogP contribution in [0.25, 0.3) is 0 Å². The zero-order chi connectivity index (χ0) is 17.8. The van der Waals surface area contributed by atoms with E-state index in [1.54, 1.807) is 0 Å². The summed E-state index contributed by atoms with van der Waals surface area (Å²) in [6, 6.07) is 2.97. The second kappa shape index (κ2) is 7.76. The number of hydrogen-bond donors (Lipinski definition) is 2. The minimum Gasteiger partial charge on any atom is -0.356 e. The maximum Gasteiger partial charge on any atom is 0.228 e. The highest BCUT2D eigenvalue weighted by molar-refractivity contribution is 5.99. The molecular weight excluding hydrogens is 326 g/mol. The van der Waals surface area contributed by atoms with Crippen LogP contribution in [0, 0.1) is 23.5 Å². The van der Waals surface area contributed by atoms with E-state index < -0.39 is 23.5 Å². The summed E-state index contributed by atoms with van der Waals surface area (Å²) >= 11 is 0. The first kappa shape index (κ1) is 17.6. The van der Waals surface area contributed by atoms with Crippen molar-refractivity contribution in [3.05, 3.63) is 41.5 Å². The van der Waals surface area contributed by atoms with Crippen LogP contribution in [-0.2, 0) is 9.59 Å². The molecule has 2 aliphatic rings. The van der Waals surface area contributed by atoms with E-state index in [1.165, 1.54) is 24.5 Å². The molecule has 1 aromatic rings. The lowest BCUT2D eigenvalue weighted by Crippen LogP contribution is -2.28. The Labute approximate surface area is 145 Å². The van der Waals surface area contributed by atoms with Crippen LogP contribution in [0.5, 0.6) is 0 Å². The summed E-state index contributed by atoms with van der Waals surface area (Å²) in [6.07, 6.45) is 8.25. The van der Waals surface area contributed by atoms with E-state index >= 15 is 0 Å². The highest BCUT2D eigenvalue weighted by Crippen LogP contribution is 2.39. The zero-order valence-corrected chi connectivity index (χ0v) is 14.0. The van der Waals surface area contributed by atoms with Crippen molar-refractivity contribution in [3.63, 3.8) is 0 Å². The van der Waals surface area contributed by atoms with E-state index in [4.69, 9.17) is 0 Å². The molecule has 0 aromatic heterocycles. The molecule has 6 heteroatoms. The quantitative estimate of drug-likeness (QED) is 0.773. The lowest BCUT2D eigenvalue weighted by molar-refractivity contribution is -0.125. The number of hydrogen-bond acceptors (Lipinski definition) is 2. The van der Waals surface area contributed by atoms with Gasteiger partial charge >= 0.3 is 0 Å². The number of carbonyl (C=O) groups is 2. The largest absolute Gasteiger partial charge is 0.356 e. The van der Waals surface area contributed by atoms with Crippen molar-refractivity contribution >= 4 is 17.5 Å². The first-order chi connectivity index (χ1) is 12.0. The molecule has 25 heavy (non-hydrogen) atoms. The van der Waals surface area contributed by atoms with Crippen molar-refractivity contribution in [3.8, 4) is 0 Å². The Hall–Kier alpha value is -2.24. The van der Waals surface area contributed by atoms with Crippen LogP contribution in [-0.4, -0.2) is 18.4 Å². The molecule has 0 spiro atoms. The number of benzene rings is 1. The van der Waals surface area contributed by atoms with Gasteiger partial charge in [0, 0.05) is 12.6 Å². The third kappa shape index (κ3) is 4.65. The zero-order valence-electron chi connectivity index (χ0n) is 14.0. The Morgan fingerprint density at radius 1 is 1.12 bits per heavy atom. The Morgan fingerprint density at radius 2 is 1.92 bits per heavy atom. The molecule has 2 unspecified atom stereocenters. The smallest absolute Gasteiger partial charge is 0.228 e. The normalized spacial score (nSPS) is 22.1. The summed E-state index contributed by atoms with van der Waals surface area (Å²) in [6.45, 7) is 0.585. The number of anilines is 1. The number of rotatable bonds is 6. The van der Waals surface area contributed by atoms with Gasteiger partial charge in [0.05, 0.1) is 17.5 Å². The summed E-state index contributed by atoms with van der Waals surface area (Å²) in [4.78, 5) is 24.2. The van der Waals surface area contributed by atoms with Gasteiger partial charge in [0.25, 0.3) is 0 Å². The van der Waals surface area contributed by atoms with Crippen LogP contribution in [0.2, 0.25) is 0 Å². The maximum absolute atomic E-state index is 13.6. The molecule has 2 atom stereocenters. The van der Waals surface area contributed by atoms with Crippen molar-refractivity contribution < 1.29 is 18.4 Å². The van der Waals surface area contributed by atoms with Crippen LogP contribution >= 0.6 is 0 Å². The van der Waals surface area contributed by atoms with Gasteiger partial charge in [-0.2, -0.15) is 0 Å². The van der Waals surface area contributed by atoms with Crippen molar-refractivity contribution in [2.45, 2.75) is 38.5 Å². The molecule has 2 N–H and O–H groups in total. The summed E-state index contributed by atoms with van der Waals surface area (Å²) in [5, 5.41) is 5.30. The highest BCUT2D eigenvalue weighted by atomic mass is 19.1. The number of allylic oxidation sites excluding steroid dienone is 1. The second-order valence-corrected chi connectivity index (χ2v) is 6.71. The van der Waals surface area contributed by atoms with Gasteiger partial charge in [-0.3, -0.25) is 9.59 Å². The van der Waals surface area contributed by atoms with Gasteiger partial charge in [-0.05, 0) is 50.7 Å². The van der Waals surface area contributed by atoms with Crippen LogP contribution in [0.15, 0.2) is 29.8 Å². The third-order valence-electron chi connectivity index (χ3n) is 4.78. The molecule has 2 aliphatic carbocycles. The van der Waals surface area contributed by atoms with Gasteiger partial charge in [-0.1, -0.05) is 11.6 Å². The molecule has 3 rings (SSSR count). The Bertz CT molecular complexity index is 703. The Kier molecular flexibility index (Phi) is 5.46. The summed E-state index contributed by atoms with van der Waals surface area (Å²) < 4.78 is 26.4. The van der Waals surface area contributed by atoms with Gasteiger partial charge in [0.2, 0.25) is 11.8 Å². The molecule has 1 fully saturated rings. The summed E-state index contributed by atoms with van der Waals surface area (Å²) in [5.74, 6) is -2.86. The lowest BCUT2D eigenvalue weighted by atomic mass is 9.97. The van der Waals surface area contributed by atoms with Crippen molar-refractivity contribution in [2.75, 3.05) is 11.9 Å².